The highest BCUT2D eigenvalue weighted by atomic mass is 79.9. The van der Waals surface area contributed by atoms with Gasteiger partial charge in [-0.05, 0) is 58.2 Å². The molecule has 114 valence electrons. The topological polar surface area (TPSA) is 58.2 Å². The first kappa shape index (κ1) is 16.3. The van der Waals surface area contributed by atoms with Crippen LogP contribution in [0.3, 0.4) is 0 Å². The molecule has 2 N–H and O–H groups in total. The number of benzene rings is 1. The minimum absolute atomic E-state index is 0.288. The van der Waals surface area contributed by atoms with Crippen molar-refractivity contribution in [2.24, 2.45) is 5.92 Å². The molecule has 1 heterocycles. The zero-order valence-electron chi connectivity index (χ0n) is 11.8. The Hall–Kier alpha value is -1.05. The summed E-state index contributed by atoms with van der Waals surface area (Å²) in [5.74, 6) is 0.556. The van der Waals surface area contributed by atoms with Crippen molar-refractivity contribution in [2.45, 2.75) is 18.1 Å². The normalized spacial score (nSPS) is 11.6. The van der Waals surface area contributed by atoms with Crippen LogP contribution in [0.4, 0.5) is 11.4 Å². The van der Waals surface area contributed by atoms with Crippen LogP contribution < -0.4 is 10.0 Å². The first-order valence-corrected chi connectivity index (χ1v) is 9.58. The van der Waals surface area contributed by atoms with Crippen LogP contribution in [0.1, 0.15) is 13.8 Å². The lowest BCUT2D eigenvalue weighted by molar-refractivity contribution is 0.603. The average molecular weight is 389 g/mol. The predicted molar refractivity (Wildman–Crippen MR) is 92.6 cm³/mol. The van der Waals surface area contributed by atoms with Gasteiger partial charge in [-0.3, -0.25) is 4.72 Å². The van der Waals surface area contributed by atoms with E-state index in [1.165, 1.54) is 11.3 Å². The zero-order valence-corrected chi connectivity index (χ0v) is 15.0. The summed E-state index contributed by atoms with van der Waals surface area (Å²) in [7, 11) is -3.51. The molecule has 0 saturated heterocycles. The van der Waals surface area contributed by atoms with E-state index < -0.39 is 10.0 Å². The van der Waals surface area contributed by atoms with Gasteiger partial charge in [0.15, 0.2) is 0 Å². The highest BCUT2D eigenvalue weighted by molar-refractivity contribution is 9.11. The summed E-state index contributed by atoms with van der Waals surface area (Å²) < 4.78 is 28.0. The van der Waals surface area contributed by atoms with Crippen molar-refractivity contribution in [3.05, 3.63) is 40.2 Å². The lowest BCUT2D eigenvalue weighted by Gasteiger charge is -2.10. The van der Waals surface area contributed by atoms with Gasteiger partial charge < -0.3 is 5.32 Å². The van der Waals surface area contributed by atoms with Gasteiger partial charge in [-0.2, -0.15) is 0 Å². The first-order chi connectivity index (χ1) is 9.87. The fourth-order valence-electron chi connectivity index (χ4n) is 1.63. The smallest absolute Gasteiger partial charge is 0.271 e. The number of thiophene rings is 1. The van der Waals surface area contributed by atoms with Gasteiger partial charge in [0.05, 0.1) is 3.79 Å². The Morgan fingerprint density at radius 3 is 2.24 bits per heavy atom. The Morgan fingerprint density at radius 1 is 1.10 bits per heavy atom. The highest BCUT2D eigenvalue weighted by Gasteiger charge is 2.16. The number of nitrogens with one attached hydrogen (secondary N) is 2. The van der Waals surface area contributed by atoms with Gasteiger partial charge >= 0.3 is 0 Å². The molecule has 1 aromatic heterocycles. The van der Waals surface area contributed by atoms with E-state index in [4.69, 9.17) is 0 Å². The summed E-state index contributed by atoms with van der Waals surface area (Å²) >= 11 is 4.45. The van der Waals surface area contributed by atoms with Gasteiger partial charge in [0, 0.05) is 17.9 Å². The molecule has 0 aliphatic heterocycles. The van der Waals surface area contributed by atoms with Crippen LogP contribution in [-0.2, 0) is 10.0 Å². The van der Waals surface area contributed by atoms with Crippen molar-refractivity contribution < 1.29 is 8.42 Å². The van der Waals surface area contributed by atoms with Crippen molar-refractivity contribution in [3.63, 3.8) is 0 Å². The number of sulfonamides is 1. The van der Waals surface area contributed by atoms with Crippen LogP contribution in [0.2, 0.25) is 0 Å². The number of hydrogen-bond donors (Lipinski definition) is 2. The fourth-order valence-corrected chi connectivity index (χ4v) is 4.69. The standard InChI is InChI=1S/C14H17BrN2O2S2/c1-10(2)9-16-11-3-5-12(6-4-11)17-21(18,19)14-8-7-13(15)20-14/h3-8,10,16-17H,9H2,1-2H3. The molecule has 4 nitrogen and oxygen atoms in total. The Balaban J connectivity index is 2.06. The van der Waals surface area contributed by atoms with Crippen molar-refractivity contribution >= 4 is 48.7 Å². The van der Waals surface area contributed by atoms with Crippen LogP contribution in [0.25, 0.3) is 0 Å². The first-order valence-electron chi connectivity index (χ1n) is 6.49. The molecule has 21 heavy (non-hydrogen) atoms. The number of rotatable bonds is 6. The summed E-state index contributed by atoms with van der Waals surface area (Å²) in [6.07, 6.45) is 0. The number of anilines is 2. The molecule has 2 rings (SSSR count). The molecule has 0 aliphatic carbocycles. The Morgan fingerprint density at radius 2 is 1.71 bits per heavy atom. The van der Waals surface area contributed by atoms with E-state index in [-0.39, 0.29) is 4.21 Å². The monoisotopic (exact) mass is 388 g/mol. The Bertz CT molecular complexity index is 694. The van der Waals surface area contributed by atoms with E-state index in [1.54, 1.807) is 24.3 Å². The summed E-state index contributed by atoms with van der Waals surface area (Å²) in [6, 6.07) is 10.5. The van der Waals surface area contributed by atoms with Crippen LogP contribution in [-0.4, -0.2) is 15.0 Å². The lowest BCUT2D eigenvalue weighted by Crippen LogP contribution is -2.11. The highest BCUT2D eigenvalue weighted by Crippen LogP contribution is 2.27. The zero-order chi connectivity index (χ0) is 15.5. The number of halogens is 1. The largest absolute Gasteiger partial charge is 0.385 e. The molecular weight excluding hydrogens is 372 g/mol. The van der Waals surface area contributed by atoms with Gasteiger partial charge in [-0.15, -0.1) is 11.3 Å². The van der Waals surface area contributed by atoms with Gasteiger partial charge in [0.25, 0.3) is 10.0 Å². The molecule has 1 aromatic carbocycles. The van der Waals surface area contributed by atoms with Crippen LogP contribution in [0.15, 0.2) is 44.4 Å². The van der Waals surface area contributed by atoms with Crippen LogP contribution in [0, 0.1) is 5.92 Å². The van der Waals surface area contributed by atoms with Crippen molar-refractivity contribution in [2.75, 3.05) is 16.6 Å². The summed E-state index contributed by atoms with van der Waals surface area (Å²) in [5.41, 5.74) is 1.53. The van der Waals surface area contributed by atoms with E-state index in [9.17, 15) is 8.42 Å². The van der Waals surface area contributed by atoms with Crippen molar-refractivity contribution in [3.8, 4) is 0 Å². The molecule has 0 saturated carbocycles. The second-order valence-corrected chi connectivity index (χ2v) is 9.39. The van der Waals surface area contributed by atoms with E-state index in [0.29, 0.717) is 11.6 Å². The average Bonchev–Trinajstić information content (AvgIpc) is 2.85. The SMILES string of the molecule is CC(C)CNc1ccc(NS(=O)(=O)c2ccc(Br)s2)cc1. The minimum Gasteiger partial charge on any atom is -0.385 e. The lowest BCUT2D eigenvalue weighted by atomic mass is 10.2. The van der Waals surface area contributed by atoms with E-state index in [0.717, 1.165) is 16.0 Å². The minimum atomic E-state index is -3.51. The van der Waals surface area contributed by atoms with Crippen LogP contribution in [0.5, 0.6) is 0 Å². The number of hydrogen-bond acceptors (Lipinski definition) is 4. The summed E-state index contributed by atoms with van der Waals surface area (Å²) in [5, 5.41) is 3.29. The third-order valence-corrected chi connectivity index (χ3v) is 6.16. The van der Waals surface area contributed by atoms with Crippen LogP contribution >= 0.6 is 27.3 Å². The van der Waals surface area contributed by atoms with E-state index in [2.05, 4.69) is 39.8 Å². The van der Waals surface area contributed by atoms with E-state index in [1.807, 2.05) is 12.1 Å². The quantitative estimate of drug-likeness (QED) is 0.771. The molecule has 0 spiro atoms. The molecule has 2 aromatic rings. The summed E-state index contributed by atoms with van der Waals surface area (Å²) in [6.45, 7) is 5.15. The third-order valence-electron chi connectivity index (χ3n) is 2.66. The molecule has 0 fully saturated rings. The molecule has 0 bridgehead atoms. The Labute approximate surface area is 137 Å². The molecule has 0 unspecified atom stereocenters. The van der Waals surface area contributed by atoms with Gasteiger partial charge in [0.1, 0.15) is 4.21 Å². The maximum Gasteiger partial charge on any atom is 0.271 e. The molecular formula is C14H17BrN2O2S2. The van der Waals surface area contributed by atoms with Gasteiger partial charge in [-0.1, -0.05) is 13.8 Å². The molecule has 0 aliphatic rings. The second kappa shape index (κ2) is 6.81. The van der Waals surface area contributed by atoms with Gasteiger partial charge in [-0.25, -0.2) is 8.42 Å². The van der Waals surface area contributed by atoms with Crippen molar-refractivity contribution in [1.29, 1.82) is 0 Å². The molecule has 0 amide bonds. The Kier molecular flexibility index (Phi) is 5.29. The molecule has 0 radical (unpaired) electrons. The predicted octanol–water partition coefficient (Wildman–Crippen LogP) is 4.38. The van der Waals surface area contributed by atoms with Gasteiger partial charge in [0.2, 0.25) is 0 Å². The maximum atomic E-state index is 12.2. The third kappa shape index (κ3) is 4.72. The summed E-state index contributed by atoms with van der Waals surface area (Å²) in [4.78, 5) is 0. The molecule has 0 atom stereocenters. The van der Waals surface area contributed by atoms with E-state index >= 15 is 0 Å². The van der Waals surface area contributed by atoms with Crippen molar-refractivity contribution in [1.82, 2.24) is 0 Å². The maximum absolute atomic E-state index is 12.2. The molecule has 7 heteroatoms. The fraction of sp³-hybridized carbons (Fsp3) is 0.286. The second-order valence-electron chi connectivity index (χ2n) is 5.02.